The molecule has 1 aromatic carbocycles. The second-order valence-corrected chi connectivity index (χ2v) is 7.17. The number of piperidine rings is 1. The molecule has 1 saturated heterocycles. The van der Waals surface area contributed by atoms with E-state index in [2.05, 4.69) is 20.3 Å². The van der Waals surface area contributed by atoms with Crippen molar-refractivity contribution in [3.05, 3.63) is 58.3 Å². The molecule has 1 fully saturated rings. The molecule has 0 bridgehead atoms. The smallest absolute Gasteiger partial charge is 0.323 e. The van der Waals surface area contributed by atoms with Gasteiger partial charge in [0.1, 0.15) is 0 Å². The highest BCUT2D eigenvalue weighted by Crippen LogP contribution is 2.32. The van der Waals surface area contributed by atoms with E-state index in [0.717, 1.165) is 18.4 Å². The maximum Gasteiger partial charge on any atom is 0.323 e. The van der Waals surface area contributed by atoms with Crippen LogP contribution in [0.2, 0.25) is 0 Å². The molecule has 1 unspecified atom stereocenters. The Morgan fingerprint density at radius 1 is 1.10 bits per heavy atom. The van der Waals surface area contributed by atoms with Crippen molar-refractivity contribution >= 4 is 34.4 Å². The molecule has 10 nitrogen and oxygen atoms in total. The third-order valence-electron chi connectivity index (χ3n) is 5.16. The summed E-state index contributed by atoms with van der Waals surface area (Å²) < 4.78 is 0. The molecule has 3 amide bonds. The van der Waals surface area contributed by atoms with Gasteiger partial charge in [-0.25, -0.2) is 4.79 Å². The number of fused-ring (bicyclic) bond motifs is 1. The Hall–Kier alpha value is -3.95. The third-order valence-corrected chi connectivity index (χ3v) is 5.16. The summed E-state index contributed by atoms with van der Waals surface area (Å²) in [4.78, 5) is 59.1. The van der Waals surface area contributed by atoms with Gasteiger partial charge in [0.25, 0.3) is 0 Å². The fourth-order valence-corrected chi connectivity index (χ4v) is 3.74. The van der Waals surface area contributed by atoms with E-state index < -0.39 is 17.7 Å². The first-order chi connectivity index (χ1) is 14.4. The van der Waals surface area contributed by atoms with Crippen molar-refractivity contribution in [2.24, 2.45) is 5.73 Å². The Balaban J connectivity index is 1.56. The molecule has 2 aromatic heterocycles. The largest absolute Gasteiger partial charge is 0.366 e. The molecule has 10 heteroatoms. The lowest BCUT2D eigenvalue weighted by Gasteiger charge is -2.35. The van der Waals surface area contributed by atoms with E-state index in [1.807, 2.05) is 12.1 Å². The minimum atomic E-state index is -0.818. The normalized spacial score (nSPS) is 16.4. The number of anilines is 1. The Morgan fingerprint density at radius 3 is 2.70 bits per heavy atom. The number of amides is 3. The van der Waals surface area contributed by atoms with Crippen LogP contribution in [0.5, 0.6) is 0 Å². The average Bonchev–Trinajstić information content (AvgIpc) is 3.12. The number of carbonyl (C=O) groups is 3. The molecule has 1 aliphatic heterocycles. The number of aromatic amines is 2. The first-order valence-corrected chi connectivity index (χ1v) is 9.51. The summed E-state index contributed by atoms with van der Waals surface area (Å²) in [7, 11) is 0. The maximum absolute atomic E-state index is 12.9. The van der Waals surface area contributed by atoms with Gasteiger partial charge in [-0.3, -0.25) is 19.4 Å². The van der Waals surface area contributed by atoms with Gasteiger partial charge in [0.15, 0.2) is 0 Å². The van der Waals surface area contributed by atoms with Crippen molar-refractivity contribution in [1.82, 2.24) is 19.9 Å². The van der Waals surface area contributed by atoms with Crippen LogP contribution in [0.25, 0.3) is 11.0 Å². The fraction of sp³-hybridized carbons (Fsp3) is 0.250. The van der Waals surface area contributed by atoms with Crippen molar-refractivity contribution in [2.75, 3.05) is 11.9 Å². The predicted molar refractivity (Wildman–Crippen MR) is 109 cm³/mol. The zero-order valence-electron chi connectivity index (χ0n) is 16.0. The van der Waals surface area contributed by atoms with Crippen LogP contribution < -0.4 is 16.7 Å². The first-order valence-electron chi connectivity index (χ1n) is 9.51. The zero-order chi connectivity index (χ0) is 21.3. The second kappa shape index (κ2) is 7.82. The lowest BCUT2D eigenvalue weighted by atomic mass is 9.94. The molecule has 0 radical (unpaired) electrons. The predicted octanol–water partition coefficient (Wildman–Crippen LogP) is 1.04. The van der Waals surface area contributed by atoms with Crippen molar-refractivity contribution in [1.29, 1.82) is 0 Å². The monoisotopic (exact) mass is 408 g/mol. The minimum Gasteiger partial charge on any atom is -0.366 e. The minimum absolute atomic E-state index is 0.130. The number of imidazole rings is 1. The highest BCUT2D eigenvalue weighted by Gasteiger charge is 2.32. The Kier molecular flexibility index (Phi) is 5.05. The Morgan fingerprint density at radius 2 is 1.90 bits per heavy atom. The van der Waals surface area contributed by atoms with Gasteiger partial charge in [-0.15, -0.1) is 0 Å². The molecule has 0 aliphatic carbocycles. The van der Waals surface area contributed by atoms with Crippen LogP contribution >= 0.6 is 0 Å². The van der Waals surface area contributed by atoms with Crippen LogP contribution in [0.1, 0.15) is 41.2 Å². The molecule has 1 atom stereocenters. The average molecular weight is 408 g/mol. The van der Waals surface area contributed by atoms with Crippen LogP contribution in [-0.2, 0) is 9.59 Å². The van der Waals surface area contributed by atoms with Crippen LogP contribution in [0.4, 0.5) is 5.69 Å². The van der Waals surface area contributed by atoms with Crippen LogP contribution in [0, 0.1) is 0 Å². The molecule has 4 rings (SSSR count). The lowest BCUT2D eigenvalue weighted by Crippen LogP contribution is -2.44. The number of H-pyrrole nitrogens is 2. The van der Waals surface area contributed by atoms with Gasteiger partial charge >= 0.3 is 17.5 Å². The van der Waals surface area contributed by atoms with E-state index in [9.17, 15) is 19.2 Å². The molecule has 3 heterocycles. The van der Waals surface area contributed by atoms with Crippen LogP contribution in [0.3, 0.4) is 0 Å². The quantitative estimate of drug-likeness (QED) is 0.477. The third kappa shape index (κ3) is 3.79. The maximum atomic E-state index is 12.9. The van der Waals surface area contributed by atoms with E-state index in [1.54, 1.807) is 6.07 Å². The number of hydrogen-bond donors (Lipinski definition) is 4. The molecular formula is C20H20N6O4. The summed E-state index contributed by atoms with van der Waals surface area (Å²) in [5.41, 5.74) is 7.43. The first kappa shape index (κ1) is 19.4. The summed E-state index contributed by atoms with van der Waals surface area (Å²) in [5.74, 6) is -2.17. The highest BCUT2D eigenvalue weighted by atomic mass is 16.2. The molecule has 1 aliphatic rings. The van der Waals surface area contributed by atoms with Gasteiger partial charge in [-0.1, -0.05) is 6.07 Å². The van der Waals surface area contributed by atoms with Gasteiger partial charge in [-0.05, 0) is 43.0 Å². The zero-order valence-corrected chi connectivity index (χ0v) is 16.0. The summed E-state index contributed by atoms with van der Waals surface area (Å²) in [6.07, 6.45) is 5.03. The summed E-state index contributed by atoms with van der Waals surface area (Å²) in [6.45, 7) is 0.443. The van der Waals surface area contributed by atoms with E-state index in [0.29, 0.717) is 24.0 Å². The van der Waals surface area contributed by atoms with Crippen molar-refractivity contribution in [2.45, 2.75) is 25.3 Å². The number of likely N-dealkylation sites (tertiary alicyclic amines) is 1. The number of nitrogens with one attached hydrogen (secondary N) is 3. The van der Waals surface area contributed by atoms with E-state index >= 15 is 0 Å². The molecule has 0 saturated carbocycles. The number of rotatable bonds is 3. The molecule has 0 spiro atoms. The van der Waals surface area contributed by atoms with E-state index in [4.69, 9.17) is 5.73 Å². The van der Waals surface area contributed by atoms with Crippen molar-refractivity contribution in [3.8, 4) is 0 Å². The molecule has 3 aromatic rings. The number of carbonyl (C=O) groups excluding carboxylic acids is 3. The summed E-state index contributed by atoms with van der Waals surface area (Å²) >= 11 is 0. The number of hydrogen-bond acceptors (Lipinski definition) is 5. The number of nitrogens with two attached hydrogens (primary N) is 1. The number of aromatic nitrogens is 3. The standard InChI is InChI=1S/C20H20N6O4/c21-17(27)12-7-13(10-22-9-12)23-18(28)19(29)26-6-2-1-3-16(26)11-4-5-14-15(8-11)25-20(30)24-14/h4-5,7-10,16H,1-3,6H2,(H2,21,27)(H,23,28)(H2,24,25,30). The van der Waals surface area contributed by atoms with Gasteiger partial charge in [-0.2, -0.15) is 0 Å². The van der Waals surface area contributed by atoms with Crippen molar-refractivity contribution in [3.63, 3.8) is 0 Å². The second-order valence-electron chi connectivity index (χ2n) is 7.17. The Bertz CT molecular complexity index is 1200. The van der Waals surface area contributed by atoms with Crippen LogP contribution in [-0.4, -0.2) is 44.1 Å². The van der Waals surface area contributed by atoms with Gasteiger partial charge < -0.3 is 25.9 Å². The van der Waals surface area contributed by atoms with E-state index in [-0.39, 0.29) is 23.0 Å². The molecule has 5 N–H and O–H groups in total. The van der Waals surface area contributed by atoms with Crippen molar-refractivity contribution < 1.29 is 14.4 Å². The van der Waals surface area contributed by atoms with E-state index in [1.165, 1.54) is 23.4 Å². The topological polar surface area (TPSA) is 154 Å². The highest BCUT2D eigenvalue weighted by molar-refractivity contribution is 6.39. The molecule has 154 valence electrons. The lowest BCUT2D eigenvalue weighted by molar-refractivity contribution is -0.145. The number of pyridine rings is 1. The summed E-state index contributed by atoms with van der Waals surface area (Å²) in [5, 5.41) is 2.49. The number of primary amides is 1. The van der Waals surface area contributed by atoms with Gasteiger partial charge in [0, 0.05) is 12.7 Å². The number of nitrogens with zero attached hydrogens (tertiary/aromatic N) is 2. The van der Waals surface area contributed by atoms with Gasteiger partial charge in [0.2, 0.25) is 5.91 Å². The molecule has 30 heavy (non-hydrogen) atoms. The SMILES string of the molecule is NC(=O)c1cncc(NC(=O)C(=O)N2CCCCC2c2ccc3[nH]c(=O)[nH]c3c2)c1. The summed E-state index contributed by atoms with van der Waals surface area (Å²) in [6, 6.07) is 6.53. The van der Waals surface area contributed by atoms with Gasteiger partial charge in [0.05, 0.1) is 34.5 Å². The Labute approximate surface area is 170 Å². The number of benzene rings is 1. The fourth-order valence-electron chi connectivity index (χ4n) is 3.74. The van der Waals surface area contributed by atoms with Crippen LogP contribution in [0.15, 0.2) is 41.5 Å². The molecular weight excluding hydrogens is 388 g/mol.